The van der Waals surface area contributed by atoms with Crippen LogP contribution in [0.3, 0.4) is 0 Å². The predicted octanol–water partition coefficient (Wildman–Crippen LogP) is 2.66. The number of methoxy groups -OCH3 is 1. The lowest BCUT2D eigenvalue weighted by atomic mass is 10.0. The summed E-state index contributed by atoms with van der Waals surface area (Å²) >= 11 is 0. The fraction of sp³-hybridized carbons (Fsp3) is 0.524. The molecule has 0 aliphatic carbocycles. The van der Waals surface area contributed by atoms with Gasteiger partial charge in [-0.3, -0.25) is 9.69 Å². The highest BCUT2D eigenvalue weighted by Crippen LogP contribution is 2.23. The van der Waals surface area contributed by atoms with Gasteiger partial charge in [-0.1, -0.05) is 29.8 Å². The van der Waals surface area contributed by atoms with Crippen LogP contribution in [0, 0.1) is 6.92 Å². The highest BCUT2D eigenvalue weighted by atomic mass is 16.6. The SMILES string of the molecule is COC(=O)C(OC(=O)[C@@H]1CCCN1C(=O)OC(C)(C)C)C(=O)c1ccc(C)cc1. The number of rotatable bonds is 5. The van der Waals surface area contributed by atoms with E-state index in [1.165, 1.54) is 4.90 Å². The van der Waals surface area contributed by atoms with Crippen LogP contribution in [-0.2, 0) is 23.8 Å². The molecule has 1 saturated heterocycles. The lowest BCUT2D eigenvalue weighted by Crippen LogP contribution is -2.46. The Balaban J connectivity index is 2.16. The number of hydrogen-bond acceptors (Lipinski definition) is 7. The molecule has 1 aromatic rings. The van der Waals surface area contributed by atoms with E-state index in [4.69, 9.17) is 9.47 Å². The molecule has 0 bridgehead atoms. The summed E-state index contributed by atoms with van der Waals surface area (Å²) in [6.45, 7) is 7.35. The van der Waals surface area contributed by atoms with Crippen molar-refractivity contribution < 1.29 is 33.4 Å². The lowest BCUT2D eigenvalue weighted by molar-refractivity contribution is -0.165. The second kappa shape index (κ2) is 9.07. The molecule has 0 radical (unpaired) electrons. The predicted molar refractivity (Wildman–Crippen MR) is 103 cm³/mol. The number of Topliss-reactive ketones (excluding diaryl/α,β-unsaturated/α-hetero) is 1. The molecule has 1 fully saturated rings. The minimum absolute atomic E-state index is 0.217. The highest BCUT2D eigenvalue weighted by molar-refractivity contribution is 6.12. The minimum Gasteiger partial charge on any atom is -0.466 e. The number of nitrogens with zero attached hydrogens (tertiary/aromatic N) is 1. The van der Waals surface area contributed by atoms with Crippen LogP contribution in [0.1, 0.15) is 49.5 Å². The number of amides is 1. The molecular formula is C21H27NO7. The number of benzene rings is 1. The minimum atomic E-state index is -1.74. The molecule has 1 aliphatic heterocycles. The van der Waals surface area contributed by atoms with Crippen LogP contribution >= 0.6 is 0 Å². The zero-order valence-corrected chi connectivity index (χ0v) is 17.4. The molecule has 8 nitrogen and oxygen atoms in total. The summed E-state index contributed by atoms with van der Waals surface area (Å²) in [6, 6.07) is 5.59. The maximum absolute atomic E-state index is 12.7. The van der Waals surface area contributed by atoms with Gasteiger partial charge in [0.15, 0.2) is 0 Å². The lowest BCUT2D eigenvalue weighted by Gasteiger charge is -2.28. The van der Waals surface area contributed by atoms with Crippen molar-refractivity contribution in [1.29, 1.82) is 0 Å². The third-order valence-electron chi connectivity index (χ3n) is 4.38. The molecule has 1 heterocycles. The van der Waals surface area contributed by atoms with Gasteiger partial charge >= 0.3 is 18.0 Å². The summed E-state index contributed by atoms with van der Waals surface area (Å²) in [7, 11) is 1.11. The van der Waals surface area contributed by atoms with Gasteiger partial charge in [0, 0.05) is 12.1 Å². The first-order chi connectivity index (χ1) is 13.5. The summed E-state index contributed by atoms with van der Waals surface area (Å²) in [6.07, 6.45) is -1.45. The Morgan fingerprint density at radius 3 is 2.28 bits per heavy atom. The smallest absolute Gasteiger partial charge is 0.411 e. The first-order valence-electron chi connectivity index (χ1n) is 9.42. The van der Waals surface area contributed by atoms with Crippen LogP contribution in [0.15, 0.2) is 24.3 Å². The summed E-state index contributed by atoms with van der Waals surface area (Å²) in [4.78, 5) is 51.2. The van der Waals surface area contributed by atoms with E-state index in [-0.39, 0.29) is 5.56 Å². The molecule has 8 heteroatoms. The van der Waals surface area contributed by atoms with E-state index >= 15 is 0 Å². The molecule has 2 rings (SSSR count). The van der Waals surface area contributed by atoms with Gasteiger partial charge in [-0.25, -0.2) is 14.4 Å². The molecule has 0 spiro atoms. The zero-order valence-electron chi connectivity index (χ0n) is 17.4. The van der Waals surface area contributed by atoms with E-state index in [9.17, 15) is 19.2 Å². The molecule has 1 unspecified atom stereocenters. The fourth-order valence-electron chi connectivity index (χ4n) is 2.93. The average Bonchev–Trinajstić information content (AvgIpc) is 3.14. The topological polar surface area (TPSA) is 99.2 Å². The number of likely N-dealkylation sites (tertiary alicyclic amines) is 1. The molecule has 29 heavy (non-hydrogen) atoms. The van der Waals surface area contributed by atoms with Crippen molar-refractivity contribution in [3.8, 4) is 0 Å². The van der Waals surface area contributed by atoms with Crippen LogP contribution < -0.4 is 0 Å². The zero-order chi connectivity index (χ0) is 21.8. The first kappa shape index (κ1) is 22.4. The summed E-state index contributed by atoms with van der Waals surface area (Å²) in [5, 5.41) is 0. The summed E-state index contributed by atoms with van der Waals surface area (Å²) in [5.74, 6) is -2.51. The molecule has 0 N–H and O–H groups in total. The third kappa shape index (κ3) is 5.79. The van der Waals surface area contributed by atoms with Gasteiger partial charge in [0.1, 0.15) is 11.6 Å². The average molecular weight is 405 g/mol. The molecule has 1 aliphatic rings. The monoisotopic (exact) mass is 405 g/mol. The number of carbonyl (C=O) groups excluding carboxylic acids is 4. The van der Waals surface area contributed by atoms with Gasteiger partial charge in [0.05, 0.1) is 7.11 Å². The molecule has 0 saturated carbocycles. The quantitative estimate of drug-likeness (QED) is 0.321. The Kier molecular flexibility index (Phi) is 7.00. The molecular weight excluding hydrogens is 378 g/mol. The Labute approximate surface area is 170 Å². The first-order valence-corrected chi connectivity index (χ1v) is 9.42. The molecule has 1 amide bonds. The van der Waals surface area contributed by atoms with E-state index in [2.05, 4.69) is 4.74 Å². The van der Waals surface area contributed by atoms with E-state index < -0.39 is 41.6 Å². The standard InChI is InChI=1S/C21H27NO7/c1-13-8-10-14(11-9-13)16(23)17(19(25)27-5)28-18(24)15-7-6-12-22(15)20(26)29-21(2,3)4/h8-11,15,17H,6-7,12H2,1-5H3/t15-,17?/m0/s1. The van der Waals surface area contributed by atoms with Crippen LogP contribution in [0.2, 0.25) is 0 Å². The van der Waals surface area contributed by atoms with E-state index in [1.54, 1.807) is 45.0 Å². The normalized spacial score (nSPS) is 17.4. The molecule has 0 aromatic heterocycles. The van der Waals surface area contributed by atoms with E-state index in [0.29, 0.717) is 19.4 Å². The Hall–Kier alpha value is -2.90. The van der Waals surface area contributed by atoms with Crippen molar-refractivity contribution in [2.45, 2.75) is 58.3 Å². The maximum Gasteiger partial charge on any atom is 0.411 e. The van der Waals surface area contributed by atoms with Crippen molar-refractivity contribution in [3.05, 3.63) is 35.4 Å². The number of carbonyl (C=O) groups is 4. The van der Waals surface area contributed by atoms with Gasteiger partial charge in [-0.15, -0.1) is 0 Å². The Morgan fingerprint density at radius 2 is 1.72 bits per heavy atom. The number of ketones is 1. The van der Waals surface area contributed by atoms with Gasteiger partial charge < -0.3 is 14.2 Å². The Bertz CT molecular complexity index is 779. The van der Waals surface area contributed by atoms with Crippen molar-refractivity contribution in [2.75, 3.05) is 13.7 Å². The third-order valence-corrected chi connectivity index (χ3v) is 4.38. The Morgan fingerprint density at radius 1 is 1.10 bits per heavy atom. The van der Waals surface area contributed by atoms with Crippen molar-refractivity contribution in [3.63, 3.8) is 0 Å². The highest BCUT2D eigenvalue weighted by Gasteiger charge is 2.41. The largest absolute Gasteiger partial charge is 0.466 e. The summed E-state index contributed by atoms with van der Waals surface area (Å²) in [5.41, 5.74) is 0.436. The van der Waals surface area contributed by atoms with Crippen molar-refractivity contribution >= 4 is 23.8 Å². The van der Waals surface area contributed by atoms with Crippen LogP contribution in [-0.4, -0.2) is 60.1 Å². The second-order valence-corrected chi connectivity index (χ2v) is 7.90. The van der Waals surface area contributed by atoms with Crippen LogP contribution in [0.5, 0.6) is 0 Å². The van der Waals surface area contributed by atoms with Gasteiger partial charge in [0.25, 0.3) is 6.10 Å². The van der Waals surface area contributed by atoms with Crippen molar-refractivity contribution in [2.24, 2.45) is 0 Å². The van der Waals surface area contributed by atoms with E-state index in [1.807, 2.05) is 6.92 Å². The second-order valence-electron chi connectivity index (χ2n) is 7.90. The molecule has 2 atom stereocenters. The van der Waals surface area contributed by atoms with Gasteiger partial charge in [-0.05, 0) is 40.5 Å². The summed E-state index contributed by atoms with van der Waals surface area (Å²) < 4.78 is 15.2. The number of ether oxygens (including phenoxy) is 3. The van der Waals surface area contributed by atoms with Crippen molar-refractivity contribution in [1.82, 2.24) is 4.90 Å². The van der Waals surface area contributed by atoms with Gasteiger partial charge in [-0.2, -0.15) is 0 Å². The fourth-order valence-corrected chi connectivity index (χ4v) is 2.93. The molecule has 1 aromatic carbocycles. The maximum atomic E-state index is 12.7. The number of aryl methyl sites for hydroxylation is 1. The van der Waals surface area contributed by atoms with Gasteiger partial charge in [0.2, 0.25) is 5.78 Å². The van der Waals surface area contributed by atoms with Crippen LogP contribution in [0.25, 0.3) is 0 Å². The van der Waals surface area contributed by atoms with E-state index in [0.717, 1.165) is 12.7 Å². The number of hydrogen-bond donors (Lipinski definition) is 0. The number of esters is 2. The molecule has 158 valence electrons. The van der Waals surface area contributed by atoms with Crippen LogP contribution in [0.4, 0.5) is 4.79 Å².